The average molecular weight is 245 g/mol. The molecular weight excluding hydrogens is 228 g/mol. The van der Waals surface area contributed by atoms with E-state index < -0.39 is 0 Å². The van der Waals surface area contributed by atoms with Crippen molar-refractivity contribution in [1.82, 2.24) is 9.97 Å². The minimum absolute atomic E-state index is 0.540. The van der Waals surface area contributed by atoms with Gasteiger partial charge in [0.15, 0.2) is 5.82 Å². The average Bonchev–Trinajstić information content (AvgIpc) is 2.30. The van der Waals surface area contributed by atoms with E-state index in [0.717, 1.165) is 6.54 Å². The number of nitrogens with one attached hydrogen (secondary N) is 1. The minimum atomic E-state index is 0.540. The predicted molar refractivity (Wildman–Crippen MR) is 66.4 cm³/mol. The van der Waals surface area contributed by atoms with Gasteiger partial charge in [0.05, 0.1) is 12.8 Å². The summed E-state index contributed by atoms with van der Waals surface area (Å²) in [6.45, 7) is 4.08. The van der Waals surface area contributed by atoms with Crippen molar-refractivity contribution in [1.29, 1.82) is 0 Å². The first-order valence-electron chi connectivity index (χ1n) is 5.18. The van der Waals surface area contributed by atoms with Gasteiger partial charge in [-0.15, -0.1) is 0 Å². The van der Waals surface area contributed by atoms with E-state index in [2.05, 4.69) is 15.3 Å². The first-order chi connectivity index (χ1) is 7.69. The van der Waals surface area contributed by atoms with Crippen molar-refractivity contribution in [2.75, 3.05) is 44.1 Å². The third-order valence-corrected chi connectivity index (χ3v) is 2.35. The van der Waals surface area contributed by atoms with Crippen LogP contribution in [0.2, 0.25) is 5.02 Å². The van der Waals surface area contributed by atoms with E-state index in [-0.39, 0.29) is 0 Å². The number of likely N-dealkylation sites (N-methyl/N-ethyl adjacent to an activating group) is 1. The van der Waals surface area contributed by atoms with Gasteiger partial charge in [0.2, 0.25) is 5.95 Å². The Balaban J connectivity index is 2.69. The van der Waals surface area contributed by atoms with Crippen LogP contribution in [0.3, 0.4) is 0 Å². The molecule has 0 saturated carbocycles. The third-order valence-electron chi connectivity index (χ3n) is 2.09. The molecule has 1 aromatic rings. The second-order valence-corrected chi connectivity index (χ2v) is 3.64. The molecule has 90 valence electrons. The van der Waals surface area contributed by atoms with Crippen LogP contribution in [0.15, 0.2) is 6.20 Å². The molecule has 0 fully saturated rings. The molecule has 5 nitrogen and oxygen atoms in total. The second-order valence-electron chi connectivity index (χ2n) is 3.23. The Bertz CT molecular complexity index is 335. The van der Waals surface area contributed by atoms with E-state index in [1.807, 2.05) is 18.9 Å². The Morgan fingerprint density at radius 1 is 1.56 bits per heavy atom. The van der Waals surface area contributed by atoms with Crippen LogP contribution in [-0.2, 0) is 4.74 Å². The van der Waals surface area contributed by atoms with Crippen molar-refractivity contribution >= 4 is 23.4 Å². The Hall–Kier alpha value is -1.07. The number of halogens is 1. The molecular formula is C10H17ClN4O. The van der Waals surface area contributed by atoms with E-state index in [0.29, 0.717) is 30.0 Å². The smallest absolute Gasteiger partial charge is 0.224 e. The summed E-state index contributed by atoms with van der Waals surface area (Å²) in [5.41, 5.74) is 0. The van der Waals surface area contributed by atoms with Crippen LogP contribution in [-0.4, -0.2) is 43.8 Å². The van der Waals surface area contributed by atoms with Gasteiger partial charge in [-0.05, 0) is 6.92 Å². The molecule has 0 spiro atoms. The summed E-state index contributed by atoms with van der Waals surface area (Å²) in [5, 5.41) is 3.42. The highest BCUT2D eigenvalue weighted by molar-refractivity contribution is 6.32. The molecule has 0 radical (unpaired) electrons. The zero-order chi connectivity index (χ0) is 12.0. The molecule has 0 unspecified atom stereocenters. The summed E-state index contributed by atoms with van der Waals surface area (Å²) in [6.07, 6.45) is 1.59. The fourth-order valence-corrected chi connectivity index (χ4v) is 1.43. The zero-order valence-corrected chi connectivity index (χ0v) is 10.6. The van der Waals surface area contributed by atoms with E-state index in [4.69, 9.17) is 16.3 Å². The molecule has 0 bridgehead atoms. The molecule has 0 amide bonds. The lowest BCUT2D eigenvalue weighted by molar-refractivity contribution is 0.154. The molecule has 1 aromatic heterocycles. The van der Waals surface area contributed by atoms with Gasteiger partial charge in [0, 0.05) is 27.2 Å². The summed E-state index contributed by atoms with van der Waals surface area (Å²) in [7, 11) is 3.69. The lowest BCUT2D eigenvalue weighted by Crippen LogP contribution is -2.24. The number of aromatic nitrogens is 2. The van der Waals surface area contributed by atoms with Gasteiger partial charge < -0.3 is 15.0 Å². The van der Waals surface area contributed by atoms with E-state index in [1.54, 1.807) is 13.2 Å². The summed E-state index contributed by atoms with van der Waals surface area (Å²) in [6, 6.07) is 0. The van der Waals surface area contributed by atoms with Crippen LogP contribution in [0, 0.1) is 0 Å². The molecule has 1 N–H and O–H groups in total. The van der Waals surface area contributed by atoms with Gasteiger partial charge >= 0.3 is 0 Å². The maximum absolute atomic E-state index is 6.03. The van der Waals surface area contributed by atoms with E-state index in [9.17, 15) is 0 Å². The summed E-state index contributed by atoms with van der Waals surface area (Å²) in [4.78, 5) is 10.3. The summed E-state index contributed by atoms with van der Waals surface area (Å²) < 4.78 is 5.28. The van der Waals surface area contributed by atoms with Crippen LogP contribution in [0.25, 0.3) is 0 Å². The van der Waals surface area contributed by atoms with Crippen LogP contribution in [0.4, 0.5) is 11.8 Å². The monoisotopic (exact) mass is 244 g/mol. The molecule has 0 saturated heterocycles. The van der Waals surface area contributed by atoms with Crippen LogP contribution >= 0.6 is 11.6 Å². The van der Waals surface area contributed by atoms with Gasteiger partial charge in [-0.25, -0.2) is 4.98 Å². The SMILES string of the molecule is CCOCCN(C)c1nc(NC)ncc1Cl. The van der Waals surface area contributed by atoms with Gasteiger partial charge in [0.1, 0.15) is 5.02 Å². The fourth-order valence-electron chi connectivity index (χ4n) is 1.20. The van der Waals surface area contributed by atoms with Crippen LogP contribution in [0.1, 0.15) is 6.92 Å². The summed E-state index contributed by atoms with van der Waals surface area (Å²) in [5.74, 6) is 1.27. The molecule has 0 atom stereocenters. The lowest BCUT2D eigenvalue weighted by atomic mass is 10.5. The Kier molecular flexibility index (Phi) is 5.28. The molecule has 0 aromatic carbocycles. The number of nitrogens with zero attached hydrogens (tertiary/aromatic N) is 3. The Morgan fingerprint density at radius 2 is 2.31 bits per heavy atom. The number of hydrogen-bond acceptors (Lipinski definition) is 5. The lowest BCUT2D eigenvalue weighted by Gasteiger charge is -2.19. The predicted octanol–water partition coefficient (Wildman–Crippen LogP) is 1.64. The van der Waals surface area contributed by atoms with E-state index >= 15 is 0 Å². The van der Waals surface area contributed by atoms with Crippen molar-refractivity contribution in [2.24, 2.45) is 0 Å². The second kappa shape index (κ2) is 6.50. The molecule has 0 aliphatic carbocycles. The number of rotatable bonds is 6. The highest BCUT2D eigenvalue weighted by Crippen LogP contribution is 2.22. The zero-order valence-electron chi connectivity index (χ0n) is 9.83. The molecule has 16 heavy (non-hydrogen) atoms. The normalized spacial score (nSPS) is 10.2. The standard InChI is InChI=1S/C10H17ClN4O/c1-4-16-6-5-15(3)9-8(11)7-13-10(12-2)14-9/h7H,4-6H2,1-3H3,(H,12,13,14). The van der Waals surface area contributed by atoms with Gasteiger partial charge in [-0.2, -0.15) is 4.98 Å². The maximum atomic E-state index is 6.03. The molecule has 1 heterocycles. The largest absolute Gasteiger partial charge is 0.380 e. The number of anilines is 2. The third kappa shape index (κ3) is 3.50. The molecule has 0 aliphatic heterocycles. The van der Waals surface area contributed by atoms with E-state index in [1.165, 1.54) is 0 Å². The van der Waals surface area contributed by atoms with Crippen LogP contribution in [0.5, 0.6) is 0 Å². The van der Waals surface area contributed by atoms with Crippen molar-refractivity contribution in [2.45, 2.75) is 6.92 Å². The highest BCUT2D eigenvalue weighted by Gasteiger charge is 2.09. The Morgan fingerprint density at radius 3 is 2.94 bits per heavy atom. The number of hydrogen-bond donors (Lipinski definition) is 1. The van der Waals surface area contributed by atoms with Crippen LogP contribution < -0.4 is 10.2 Å². The highest BCUT2D eigenvalue weighted by atomic mass is 35.5. The maximum Gasteiger partial charge on any atom is 0.224 e. The topological polar surface area (TPSA) is 50.3 Å². The molecule has 6 heteroatoms. The quantitative estimate of drug-likeness (QED) is 0.771. The minimum Gasteiger partial charge on any atom is -0.380 e. The molecule has 0 aliphatic rings. The van der Waals surface area contributed by atoms with Gasteiger partial charge in [-0.3, -0.25) is 0 Å². The Labute approximate surface area is 101 Å². The molecule has 1 rings (SSSR count). The first kappa shape index (κ1) is 13.0. The van der Waals surface area contributed by atoms with Gasteiger partial charge in [-0.1, -0.05) is 11.6 Å². The van der Waals surface area contributed by atoms with Crippen molar-refractivity contribution in [3.05, 3.63) is 11.2 Å². The first-order valence-corrected chi connectivity index (χ1v) is 5.56. The summed E-state index contributed by atoms with van der Waals surface area (Å²) >= 11 is 6.03. The van der Waals surface area contributed by atoms with Crippen molar-refractivity contribution in [3.63, 3.8) is 0 Å². The van der Waals surface area contributed by atoms with Crippen molar-refractivity contribution < 1.29 is 4.74 Å². The number of ether oxygens (including phenoxy) is 1. The van der Waals surface area contributed by atoms with Crippen molar-refractivity contribution in [3.8, 4) is 0 Å². The fraction of sp³-hybridized carbons (Fsp3) is 0.600. The van der Waals surface area contributed by atoms with Gasteiger partial charge in [0.25, 0.3) is 0 Å².